The number of benzene rings is 1. The molecule has 27 heavy (non-hydrogen) atoms. The summed E-state index contributed by atoms with van der Waals surface area (Å²) in [6.45, 7) is 4.83. The first kappa shape index (κ1) is 18.2. The lowest BCUT2D eigenvalue weighted by Gasteiger charge is -2.09. The van der Waals surface area contributed by atoms with Crippen molar-refractivity contribution in [1.29, 1.82) is 0 Å². The van der Waals surface area contributed by atoms with Crippen LogP contribution in [-0.2, 0) is 6.54 Å². The van der Waals surface area contributed by atoms with E-state index in [9.17, 15) is 0 Å². The Hall–Kier alpha value is -2.16. The van der Waals surface area contributed by atoms with Crippen molar-refractivity contribution in [2.75, 3.05) is 0 Å². The fourth-order valence-electron chi connectivity index (χ4n) is 2.80. The Kier molecular flexibility index (Phi) is 5.03. The molecule has 1 aromatic carbocycles. The van der Waals surface area contributed by atoms with Crippen molar-refractivity contribution in [3.05, 3.63) is 57.9 Å². The minimum Gasteiger partial charge on any atom is -0.334 e. The molecule has 0 aliphatic carbocycles. The monoisotopic (exact) mass is 417 g/mol. The first-order valence-corrected chi connectivity index (χ1v) is 10.1. The molecule has 3 heterocycles. The van der Waals surface area contributed by atoms with E-state index in [0.717, 1.165) is 16.3 Å². The molecule has 0 fully saturated rings. The van der Waals surface area contributed by atoms with Crippen LogP contribution in [0.2, 0.25) is 5.02 Å². The molecular formula is C18H16ClN5OS2. The number of aromatic nitrogens is 5. The highest BCUT2D eigenvalue weighted by Gasteiger charge is 2.25. The number of halogens is 1. The van der Waals surface area contributed by atoms with E-state index < -0.39 is 5.25 Å². The number of hydrogen-bond donors (Lipinski definition) is 1. The van der Waals surface area contributed by atoms with E-state index in [1.807, 2.05) is 29.0 Å². The quantitative estimate of drug-likeness (QED) is 0.460. The second-order valence-corrected chi connectivity index (χ2v) is 7.80. The molecule has 1 unspecified atom stereocenters. The van der Waals surface area contributed by atoms with Crippen LogP contribution in [0.4, 0.5) is 0 Å². The van der Waals surface area contributed by atoms with Crippen LogP contribution >= 0.6 is 35.6 Å². The van der Waals surface area contributed by atoms with Gasteiger partial charge in [0, 0.05) is 17.1 Å². The summed E-state index contributed by atoms with van der Waals surface area (Å²) in [6.07, 6.45) is 0. The second kappa shape index (κ2) is 7.46. The fourth-order valence-corrected chi connectivity index (χ4v) is 4.20. The zero-order valence-electron chi connectivity index (χ0n) is 14.6. The minimum atomic E-state index is -0.455. The largest absolute Gasteiger partial charge is 0.334 e. The third kappa shape index (κ3) is 3.40. The van der Waals surface area contributed by atoms with Gasteiger partial charge in [-0.2, -0.15) is 17.6 Å². The lowest BCUT2D eigenvalue weighted by Crippen LogP contribution is -2.08. The topological polar surface area (TPSA) is 69.6 Å². The van der Waals surface area contributed by atoms with Crippen molar-refractivity contribution in [2.24, 2.45) is 0 Å². The van der Waals surface area contributed by atoms with Gasteiger partial charge in [-0.1, -0.05) is 22.8 Å². The molecule has 1 atom stereocenters. The molecule has 0 saturated carbocycles. The summed E-state index contributed by atoms with van der Waals surface area (Å²) in [5.74, 6) is 2.34. The highest BCUT2D eigenvalue weighted by atomic mass is 35.5. The van der Waals surface area contributed by atoms with E-state index in [1.54, 1.807) is 23.5 Å². The van der Waals surface area contributed by atoms with Crippen LogP contribution in [0.1, 0.15) is 29.4 Å². The molecule has 4 rings (SSSR count). The Morgan fingerprint density at radius 2 is 2.15 bits per heavy atom. The summed E-state index contributed by atoms with van der Waals surface area (Å²) in [5, 5.41) is 15.0. The van der Waals surface area contributed by atoms with Crippen molar-refractivity contribution < 1.29 is 4.52 Å². The van der Waals surface area contributed by atoms with E-state index in [-0.39, 0.29) is 0 Å². The fraction of sp³-hybridized carbons (Fsp3) is 0.222. The normalized spacial score (nSPS) is 12.4. The Bertz CT molecular complexity index is 1090. The zero-order valence-corrected chi connectivity index (χ0v) is 17.1. The third-order valence-corrected chi connectivity index (χ3v) is 5.87. The standard InChI is InChI=1S/C18H16ClN5OS2/c1-3-24-16(21-22-17(24)14-10(2)7-8-27-14)13(26)15-20-18(25-23-15)11-5-4-6-12(19)9-11/h4-9,13,26H,3H2,1-2H3. The molecule has 0 bridgehead atoms. The maximum absolute atomic E-state index is 6.04. The Balaban J connectivity index is 1.69. The highest BCUT2D eigenvalue weighted by Crippen LogP contribution is 2.33. The van der Waals surface area contributed by atoms with E-state index in [0.29, 0.717) is 29.1 Å². The van der Waals surface area contributed by atoms with Crippen LogP contribution < -0.4 is 0 Å². The maximum atomic E-state index is 6.04. The lowest BCUT2D eigenvalue weighted by molar-refractivity contribution is 0.422. The molecule has 138 valence electrons. The van der Waals surface area contributed by atoms with Gasteiger partial charge < -0.3 is 9.09 Å². The van der Waals surface area contributed by atoms with Gasteiger partial charge in [0.15, 0.2) is 17.5 Å². The van der Waals surface area contributed by atoms with Gasteiger partial charge in [0.05, 0.1) is 4.88 Å². The van der Waals surface area contributed by atoms with Crippen LogP contribution in [0.3, 0.4) is 0 Å². The summed E-state index contributed by atoms with van der Waals surface area (Å²) in [7, 11) is 0. The molecule has 6 nitrogen and oxygen atoms in total. The van der Waals surface area contributed by atoms with Gasteiger partial charge in [-0.15, -0.1) is 21.5 Å². The average molecular weight is 418 g/mol. The van der Waals surface area contributed by atoms with Crippen LogP contribution in [0.5, 0.6) is 0 Å². The van der Waals surface area contributed by atoms with Gasteiger partial charge in [0.1, 0.15) is 5.25 Å². The number of rotatable bonds is 5. The Morgan fingerprint density at radius 3 is 2.85 bits per heavy atom. The predicted molar refractivity (Wildman–Crippen MR) is 109 cm³/mol. The number of thiol groups is 1. The summed E-state index contributed by atoms with van der Waals surface area (Å²) in [5.41, 5.74) is 1.93. The first-order valence-electron chi connectivity index (χ1n) is 8.33. The maximum Gasteiger partial charge on any atom is 0.258 e. The molecule has 4 aromatic rings. The van der Waals surface area contributed by atoms with Crippen molar-refractivity contribution in [2.45, 2.75) is 25.6 Å². The van der Waals surface area contributed by atoms with Crippen LogP contribution in [-0.4, -0.2) is 24.9 Å². The van der Waals surface area contributed by atoms with E-state index in [2.05, 4.69) is 46.0 Å². The second-order valence-electron chi connectivity index (χ2n) is 5.93. The molecule has 0 aliphatic rings. The zero-order chi connectivity index (χ0) is 19.0. The molecular weight excluding hydrogens is 402 g/mol. The molecule has 9 heteroatoms. The highest BCUT2D eigenvalue weighted by molar-refractivity contribution is 7.80. The van der Waals surface area contributed by atoms with E-state index >= 15 is 0 Å². The average Bonchev–Trinajstić information content (AvgIpc) is 3.39. The third-order valence-electron chi connectivity index (χ3n) is 4.16. The van der Waals surface area contributed by atoms with Gasteiger partial charge in [-0.3, -0.25) is 0 Å². The van der Waals surface area contributed by atoms with Crippen LogP contribution in [0, 0.1) is 6.92 Å². The molecule has 0 amide bonds. The predicted octanol–water partition coefficient (Wildman–Crippen LogP) is 5.06. The Morgan fingerprint density at radius 1 is 1.30 bits per heavy atom. The molecule has 3 aromatic heterocycles. The smallest absolute Gasteiger partial charge is 0.258 e. The van der Waals surface area contributed by atoms with Crippen molar-refractivity contribution >= 4 is 35.6 Å². The van der Waals surface area contributed by atoms with Crippen molar-refractivity contribution in [3.63, 3.8) is 0 Å². The lowest BCUT2D eigenvalue weighted by atomic mass is 10.2. The first-order chi connectivity index (χ1) is 13.1. The molecule has 0 aliphatic heterocycles. The van der Waals surface area contributed by atoms with Gasteiger partial charge >= 0.3 is 0 Å². The summed E-state index contributed by atoms with van der Waals surface area (Å²) in [6, 6.07) is 9.34. The Labute approximate surface area is 170 Å². The van der Waals surface area contributed by atoms with Crippen LogP contribution in [0.15, 0.2) is 40.2 Å². The number of hydrogen-bond acceptors (Lipinski definition) is 7. The summed E-state index contributed by atoms with van der Waals surface area (Å²) >= 11 is 12.4. The molecule has 0 saturated heterocycles. The van der Waals surface area contributed by atoms with Crippen molar-refractivity contribution in [3.8, 4) is 22.2 Å². The van der Waals surface area contributed by atoms with Gasteiger partial charge in [0.2, 0.25) is 0 Å². The molecule has 0 N–H and O–H groups in total. The molecule has 0 spiro atoms. The number of nitrogens with zero attached hydrogens (tertiary/aromatic N) is 5. The summed E-state index contributed by atoms with van der Waals surface area (Å²) < 4.78 is 7.43. The number of thiophene rings is 1. The van der Waals surface area contributed by atoms with Gasteiger partial charge in [-0.25, -0.2) is 0 Å². The number of aryl methyl sites for hydroxylation is 1. The van der Waals surface area contributed by atoms with Gasteiger partial charge in [0.25, 0.3) is 5.89 Å². The van der Waals surface area contributed by atoms with Gasteiger partial charge in [-0.05, 0) is 49.1 Å². The van der Waals surface area contributed by atoms with Crippen LogP contribution in [0.25, 0.3) is 22.2 Å². The SMILES string of the molecule is CCn1c(-c2sccc2C)nnc1C(S)c1noc(-c2cccc(Cl)c2)n1. The molecule has 0 radical (unpaired) electrons. The van der Waals surface area contributed by atoms with E-state index in [1.165, 1.54) is 5.56 Å². The van der Waals surface area contributed by atoms with Crippen molar-refractivity contribution in [1.82, 2.24) is 24.9 Å². The minimum absolute atomic E-state index is 0.392. The summed E-state index contributed by atoms with van der Waals surface area (Å²) in [4.78, 5) is 5.57. The van der Waals surface area contributed by atoms with E-state index in [4.69, 9.17) is 16.1 Å².